The topological polar surface area (TPSA) is 54.7 Å². The number of anilines is 1. The number of amides is 1. The Balaban J connectivity index is 1.35. The van der Waals surface area contributed by atoms with Gasteiger partial charge in [0.05, 0.1) is 15.1 Å². The Morgan fingerprint density at radius 1 is 0.853 bits per heavy atom. The van der Waals surface area contributed by atoms with Crippen molar-refractivity contribution in [3.05, 3.63) is 78.6 Å². The minimum Gasteiger partial charge on any atom is -0.482 e. The van der Waals surface area contributed by atoms with E-state index in [2.05, 4.69) is 10.2 Å². The van der Waals surface area contributed by atoms with E-state index in [1.54, 1.807) is 12.1 Å². The number of furan rings is 1. The predicted octanol–water partition coefficient (Wildman–Crippen LogP) is 8.36. The standard InChI is InChI=1S/C24H21Cl5N2O3/c25-18-19(26)21(28)23(22(29)20(18)27)33-13-16-8-9-17(34-16)24(32)30-15-6-4-14(5-7-15)12-31-10-2-1-3-11-31/h4-9H,1-3,10-13H2,(H,30,32). The third kappa shape index (κ3) is 5.96. The van der Waals surface area contributed by atoms with Crippen LogP contribution in [0.1, 0.15) is 41.1 Å². The van der Waals surface area contributed by atoms with E-state index < -0.39 is 0 Å². The quantitative estimate of drug-likeness (QED) is 0.232. The molecule has 180 valence electrons. The Morgan fingerprint density at radius 2 is 1.47 bits per heavy atom. The summed E-state index contributed by atoms with van der Waals surface area (Å²) in [6.45, 7) is 3.15. The normalized spacial score (nSPS) is 14.3. The van der Waals surface area contributed by atoms with E-state index in [4.69, 9.17) is 67.2 Å². The maximum atomic E-state index is 12.6. The fourth-order valence-corrected chi connectivity index (χ4v) is 4.92. The van der Waals surface area contributed by atoms with Gasteiger partial charge in [0.2, 0.25) is 0 Å². The van der Waals surface area contributed by atoms with Gasteiger partial charge in [0.15, 0.2) is 11.5 Å². The maximum Gasteiger partial charge on any atom is 0.291 e. The molecule has 1 aliphatic heterocycles. The lowest BCUT2D eigenvalue weighted by Crippen LogP contribution is -2.29. The molecule has 1 saturated heterocycles. The lowest BCUT2D eigenvalue weighted by molar-refractivity contribution is 0.0992. The fourth-order valence-electron chi connectivity index (χ4n) is 3.69. The molecule has 2 aromatic carbocycles. The number of piperidine rings is 1. The maximum absolute atomic E-state index is 12.6. The van der Waals surface area contributed by atoms with Crippen molar-refractivity contribution in [3.8, 4) is 5.75 Å². The lowest BCUT2D eigenvalue weighted by atomic mass is 10.1. The summed E-state index contributed by atoms with van der Waals surface area (Å²) in [4.78, 5) is 15.0. The lowest BCUT2D eigenvalue weighted by Gasteiger charge is -2.26. The van der Waals surface area contributed by atoms with Crippen LogP contribution in [0.2, 0.25) is 25.1 Å². The first-order valence-corrected chi connectivity index (χ1v) is 12.6. The Hall–Kier alpha value is -1.60. The molecule has 4 rings (SSSR count). The fraction of sp³-hybridized carbons (Fsp3) is 0.292. The van der Waals surface area contributed by atoms with Gasteiger partial charge in [0.25, 0.3) is 5.91 Å². The second-order valence-corrected chi connectivity index (χ2v) is 9.83. The Labute approximate surface area is 222 Å². The number of benzene rings is 2. The summed E-state index contributed by atoms with van der Waals surface area (Å²) in [6, 6.07) is 11.0. The van der Waals surface area contributed by atoms with E-state index in [9.17, 15) is 4.79 Å². The van der Waals surface area contributed by atoms with Gasteiger partial charge >= 0.3 is 0 Å². The number of likely N-dealkylation sites (tertiary alicyclic amines) is 1. The van der Waals surface area contributed by atoms with Crippen LogP contribution in [0.4, 0.5) is 5.69 Å². The smallest absolute Gasteiger partial charge is 0.291 e. The van der Waals surface area contributed by atoms with Gasteiger partial charge in [-0.25, -0.2) is 0 Å². The van der Waals surface area contributed by atoms with Gasteiger partial charge in [-0.05, 0) is 55.8 Å². The van der Waals surface area contributed by atoms with E-state index in [-0.39, 0.29) is 49.1 Å². The van der Waals surface area contributed by atoms with Crippen molar-refractivity contribution in [2.24, 2.45) is 0 Å². The van der Waals surface area contributed by atoms with Crippen LogP contribution in [0.25, 0.3) is 0 Å². The summed E-state index contributed by atoms with van der Waals surface area (Å²) in [5.41, 5.74) is 1.91. The first-order valence-electron chi connectivity index (χ1n) is 10.7. The van der Waals surface area contributed by atoms with Crippen molar-refractivity contribution in [2.75, 3.05) is 18.4 Å². The zero-order chi connectivity index (χ0) is 24.2. The molecular weight excluding hydrogens is 542 g/mol. The van der Waals surface area contributed by atoms with Crippen LogP contribution >= 0.6 is 58.0 Å². The van der Waals surface area contributed by atoms with Gasteiger partial charge in [-0.3, -0.25) is 9.69 Å². The molecule has 0 radical (unpaired) electrons. The molecule has 1 N–H and O–H groups in total. The number of ether oxygens (including phenoxy) is 1. The molecule has 0 unspecified atom stereocenters. The first-order chi connectivity index (χ1) is 16.3. The van der Waals surface area contributed by atoms with E-state index in [0.29, 0.717) is 11.4 Å². The summed E-state index contributed by atoms with van der Waals surface area (Å²) < 4.78 is 11.2. The highest BCUT2D eigenvalue weighted by atomic mass is 35.5. The highest BCUT2D eigenvalue weighted by molar-refractivity contribution is 6.55. The summed E-state index contributed by atoms with van der Waals surface area (Å²) in [6.07, 6.45) is 3.82. The van der Waals surface area contributed by atoms with E-state index in [1.807, 2.05) is 24.3 Å². The van der Waals surface area contributed by atoms with E-state index >= 15 is 0 Å². The van der Waals surface area contributed by atoms with Gasteiger partial charge in [-0.2, -0.15) is 0 Å². The molecule has 1 aliphatic rings. The molecule has 0 bridgehead atoms. The van der Waals surface area contributed by atoms with Crippen LogP contribution in [0.15, 0.2) is 40.8 Å². The highest BCUT2D eigenvalue weighted by Crippen LogP contribution is 2.48. The molecule has 34 heavy (non-hydrogen) atoms. The van der Waals surface area contributed by atoms with Crippen LogP contribution in [0.3, 0.4) is 0 Å². The SMILES string of the molecule is O=C(Nc1ccc(CN2CCCCC2)cc1)c1ccc(COc2c(Cl)c(Cl)c(Cl)c(Cl)c2Cl)o1. The Bertz CT molecular complexity index is 1150. The minimum absolute atomic E-state index is 0.0363. The summed E-state index contributed by atoms with van der Waals surface area (Å²) in [7, 11) is 0. The second kappa shape index (κ2) is 11.4. The summed E-state index contributed by atoms with van der Waals surface area (Å²) in [5, 5.41) is 3.03. The van der Waals surface area contributed by atoms with Crippen LogP contribution in [-0.2, 0) is 13.2 Å². The van der Waals surface area contributed by atoms with Crippen LogP contribution in [0.5, 0.6) is 5.75 Å². The molecule has 3 aromatic rings. The molecule has 10 heteroatoms. The molecule has 1 fully saturated rings. The molecule has 1 amide bonds. The van der Waals surface area contributed by atoms with Crippen LogP contribution in [-0.4, -0.2) is 23.9 Å². The van der Waals surface area contributed by atoms with Crippen molar-refractivity contribution in [1.29, 1.82) is 0 Å². The molecule has 1 aromatic heterocycles. The molecule has 0 aliphatic carbocycles. The van der Waals surface area contributed by atoms with Gasteiger partial charge in [0, 0.05) is 12.2 Å². The molecule has 0 atom stereocenters. The number of nitrogens with one attached hydrogen (secondary N) is 1. The van der Waals surface area contributed by atoms with E-state index in [1.165, 1.54) is 24.8 Å². The highest BCUT2D eigenvalue weighted by Gasteiger charge is 2.21. The van der Waals surface area contributed by atoms with Gasteiger partial charge < -0.3 is 14.5 Å². The molecular formula is C24H21Cl5N2O3. The summed E-state index contributed by atoms with van der Waals surface area (Å²) in [5.74, 6) is 0.232. The summed E-state index contributed by atoms with van der Waals surface area (Å²) >= 11 is 30.4. The zero-order valence-electron chi connectivity index (χ0n) is 18.0. The Morgan fingerprint density at radius 3 is 2.12 bits per heavy atom. The monoisotopic (exact) mass is 560 g/mol. The number of hydrogen-bond acceptors (Lipinski definition) is 4. The average Bonchev–Trinajstić information content (AvgIpc) is 3.33. The predicted molar refractivity (Wildman–Crippen MR) is 138 cm³/mol. The third-order valence-corrected chi connectivity index (χ3v) is 7.72. The van der Waals surface area contributed by atoms with Gasteiger partial charge in [0.1, 0.15) is 22.4 Å². The molecule has 5 nitrogen and oxygen atoms in total. The molecule has 0 spiro atoms. The van der Waals surface area contributed by atoms with Crippen LogP contribution < -0.4 is 10.1 Å². The number of carbonyl (C=O) groups is 1. The van der Waals surface area contributed by atoms with E-state index in [0.717, 1.165) is 19.6 Å². The third-order valence-electron chi connectivity index (χ3n) is 5.48. The van der Waals surface area contributed by atoms with Crippen molar-refractivity contribution in [2.45, 2.75) is 32.4 Å². The zero-order valence-corrected chi connectivity index (χ0v) is 21.8. The van der Waals surface area contributed by atoms with Crippen molar-refractivity contribution in [1.82, 2.24) is 4.90 Å². The largest absolute Gasteiger partial charge is 0.482 e. The Kier molecular flexibility index (Phi) is 8.57. The molecule has 2 heterocycles. The number of nitrogens with zero attached hydrogens (tertiary/aromatic N) is 1. The van der Waals surface area contributed by atoms with Gasteiger partial charge in [-0.1, -0.05) is 76.6 Å². The number of halogens is 5. The van der Waals surface area contributed by atoms with Crippen molar-refractivity contribution < 1.29 is 13.9 Å². The van der Waals surface area contributed by atoms with Crippen LogP contribution in [0, 0.1) is 0 Å². The van der Waals surface area contributed by atoms with Gasteiger partial charge in [-0.15, -0.1) is 0 Å². The van der Waals surface area contributed by atoms with Crippen molar-refractivity contribution >= 4 is 69.6 Å². The minimum atomic E-state index is -0.372. The second-order valence-electron chi connectivity index (χ2n) is 7.94. The average molecular weight is 563 g/mol. The number of carbonyl (C=O) groups excluding carboxylic acids is 1. The molecule has 0 saturated carbocycles. The first kappa shape index (κ1) is 25.5. The number of rotatable bonds is 7. The van der Waals surface area contributed by atoms with Crippen molar-refractivity contribution in [3.63, 3.8) is 0 Å². The number of hydrogen-bond donors (Lipinski definition) is 1.